The highest BCUT2D eigenvalue weighted by atomic mass is 19.3. The molecule has 1 heterocycles. The molecule has 0 atom stereocenters. The Morgan fingerprint density at radius 1 is 1.54 bits per heavy atom. The van der Waals surface area contributed by atoms with Gasteiger partial charge in [-0.2, -0.15) is 0 Å². The summed E-state index contributed by atoms with van der Waals surface area (Å²) in [4.78, 5) is 3.60. The molecule has 0 radical (unpaired) electrons. The normalized spacial score (nSPS) is 10.9. The van der Waals surface area contributed by atoms with Crippen molar-refractivity contribution in [2.75, 3.05) is 0 Å². The number of halogens is 3. The Morgan fingerprint density at radius 3 is 2.62 bits per heavy atom. The summed E-state index contributed by atoms with van der Waals surface area (Å²) in [6.45, 7) is 0.787. The van der Waals surface area contributed by atoms with Crippen LogP contribution < -0.4 is 0 Å². The molecule has 0 amide bonds. The molecule has 0 unspecified atom stereocenters. The number of aliphatic hydroxyl groups excluding tert-OH is 1. The van der Waals surface area contributed by atoms with Crippen molar-refractivity contribution >= 4 is 0 Å². The summed E-state index contributed by atoms with van der Waals surface area (Å²) in [5.74, 6) is -1.02. The van der Waals surface area contributed by atoms with Gasteiger partial charge in [0, 0.05) is 5.69 Å². The van der Waals surface area contributed by atoms with Gasteiger partial charge in [-0.25, -0.2) is 13.2 Å². The van der Waals surface area contributed by atoms with Crippen LogP contribution in [0.15, 0.2) is 6.07 Å². The number of hydrogen-bond donors (Lipinski definition) is 1. The van der Waals surface area contributed by atoms with E-state index < -0.39 is 24.4 Å². The molecule has 0 fully saturated rings. The van der Waals surface area contributed by atoms with E-state index in [1.165, 1.54) is 6.92 Å². The molecule has 0 aromatic carbocycles. The van der Waals surface area contributed by atoms with Crippen LogP contribution in [-0.4, -0.2) is 10.1 Å². The first-order valence-corrected chi connectivity index (χ1v) is 3.61. The molecule has 1 aromatic heterocycles. The summed E-state index contributed by atoms with van der Waals surface area (Å²) in [5, 5.41) is 8.65. The van der Waals surface area contributed by atoms with Crippen molar-refractivity contribution in [3.8, 4) is 0 Å². The molecule has 0 aliphatic carbocycles. The van der Waals surface area contributed by atoms with Gasteiger partial charge in [0.25, 0.3) is 6.43 Å². The molecule has 1 rings (SSSR count). The maximum atomic E-state index is 12.9. The Kier molecular flexibility index (Phi) is 2.87. The van der Waals surface area contributed by atoms with E-state index >= 15 is 0 Å². The average Bonchev–Trinajstić information content (AvgIpc) is 2.01. The minimum Gasteiger partial charge on any atom is -0.390 e. The summed E-state index contributed by atoms with van der Waals surface area (Å²) in [6.07, 6.45) is -2.95. The largest absolute Gasteiger partial charge is 0.390 e. The quantitative estimate of drug-likeness (QED) is 0.775. The minimum absolute atomic E-state index is 0.269. The summed E-state index contributed by atoms with van der Waals surface area (Å²) in [6, 6.07) is 0.917. The van der Waals surface area contributed by atoms with Crippen LogP contribution in [0.5, 0.6) is 0 Å². The number of pyridine rings is 1. The molecule has 0 spiro atoms. The van der Waals surface area contributed by atoms with Crippen LogP contribution >= 0.6 is 0 Å². The van der Waals surface area contributed by atoms with Crippen molar-refractivity contribution in [1.29, 1.82) is 0 Å². The second-order valence-electron chi connectivity index (χ2n) is 2.56. The third kappa shape index (κ3) is 1.98. The van der Waals surface area contributed by atoms with Gasteiger partial charge in [0.15, 0.2) is 0 Å². The van der Waals surface area contributed by atoms with Crippen LogP contribution in [-0.2, 0) is 6.61 Å². The zero-order valence-electron chi connectivity index (χ0n) is 6.89. The van der Waals surface area contributed by atoms with Crippen molar-refractivity contribution in [2.24, 2.45) is 0 Å². The SMILES string of the molecule is Cc1cc(F)c(C(F)F)c(CO)n1. The van der Waals surface area contributed by atoms with E-state index in [0.717, 1.165) is 6.07 Å². The molecule has 0 bridgehead atoms. The van der Waals surface area contributed by atoms with E-state index in [2.05, 4.69) is 4.98 Å². The van der Waals surface area contributed by atoms with Gasteiger partial charge < -0.3 is 5.11 Å². The van der Waals surface area contributed by atoms with Crippen LogP contribution in [0.2, 0.25) is 0 Å². The van der Waals surface area contributed by atoms with Crippen molar-refractivity contribution < 1.29 is 18.3 Å². The molecule has 13 heavy (non-hydrogen) atoms. The summed E-state index contributed by atoms with van der Waals surface area (Å²) < 4.78 is 37.3. The summed E-state index contributed by atoms with van der Waals surface area (Å²) >= 11 is 0. The first-order valence-electron chi connectivity index (χ1n) is 3.61. The Bertz CT molecular complexity index is 315. The number of nitrogens with zero attached hydrogens (tertiary/aromatic N) is 1. The lowest BCUT2D eigenvalue weighted by Gasteiger charge is -2.07. The lowest BCUT2D eigenvalue weighted by Crippen LogP contribution is -2.03. The van der Waals surface area contributed by atoms with Crippen LogP contribution in [0.3, 0.4) is 0 Å². The first-order chi connectivity index (χ1) is 6.06. The van der Waals surface area contributed by atoms with E-state index in [9.17, 15) is 13.2 Å². The highest BCUT2D eigenvalue weighted by Crippen LogP contribution is 2.25. The molecule has 1 N–H and O–H groups in total. The molecular formula is C8H8F3NO. The predicted molar refractivity (Wildman–Crippen MR) is 39.8 cm³/mol. The zero-order chi connectivity index (χ0) is 10.0. The Balaban J connectivity index is 3.30. The van der Waals surface area contributed by atoms with Gasteiger partial charge >= 0.3 is 0 Å². The molecule has 72 valence electrons. The van der Waals surface area contributed by atoms with E-state index in [1.807, 2.05) is 0 Å². The Labute approximate surface area is 73.0 Å². The molecule has 0 aliphatic rings. The van der Waals surface area contributed by atoms with Crippen molar-refractivity contribution in [3.05, 3.63) is 28.8 Å². The van der Waals surface area contributed by atoms with Gasteiger partial charge in [-0.15, -0.1) is 0 Å². The second-order valence-corrected chi connectivity index (χ2v) is 2.56. The second kappa shape index (κ2) is 3.74. The molecular weight excluding hydrogens is 183 g/mol. The lowest BCUT2D eigenvalue weighted by atomic mass is 10.1. The highest BCUT2D eigenvalue weighted by Gasteiger charge is 2.19. The van der Waals surface area contributed by atoms with Gasteiger partial charge in [0.1, 0.15) is 5.82 Å². The lowest BCUT2D eigenvalue weighted by molar-refractivity contribution is 0.140. The minimum atomic E-state index is -2.95. The van der Waals surface area contributed by atoms with Crippen LogP contribution in [0.4, 0.5) is 13.2 Å². The fraction of sp³-hybridized carbons (Fsp3) is 0.375. The predicted octanol–water partition coefficient (Wildman–Crippen LogP) is 1.96. The standard InChI is InChI=1S/C8H8F3NO/c1-4-2-5(9)7(8(10)11)6(3-13)12-4/h2,8,13H,3H2,1H3. The Morgan fingerprint density at radius 2 is 2.15 bits per heavy atom. The molecule has 0 saturated heterocycles. The molecule has 2 nitrogen and oxygen atoms in total. The third-order valence-electron chi connectivity index (χ3n) is 1.58. The van der Waals surface area contributed by atoms with Gasteiger partial charge in [0.2, 0.25) is 0 Å². The first kappa shape index (κ1) is 9.98. The third-order valence-corrected chi connectivity index (χ3v) is 1.58. The monoisotopic (exact) mass is 191 g/mol. The van der Waals surface area contributed by atoms with Crippen molar-refractivity contribution in [3.63, 3.8) is 0 Å². The number of hydrogen-bond acceptors (Lipinski definition) is 2. The average molecular weight is 191 g/mol. The number of aromatic nitrogens is 1. The van der Waals surface area contributed by atoms with E-state index in [1.54, 1.807) is 0 Å². The number of rotatable bonds is 2. The maximum absolute atomic E-state index is 12.9. The van der Waals surface area contributed by atoms with Crippen LogP contribution in [0.25, 0.3) is 0 Å². The van der Waals surface area contributed by atoms with Crippen LogP contribution in [0, 0.1) is 12.7 Å². The van der Waals surface area contributed by atoms with Gasteiger partial charge in [-0.3, -0.25) is 4.98 Å². The number of aryl methyl sites for hydroxylation is 1. The van der Waals surface area contributed by atoms with Gasteiger partial charge in [-0.05, 0) is 13.0 Å². The molecule has 1 aromatic rings. The Hall–Kier alpha value is -1.10. The van der Waals surface area contributed by atoms with E-state index in [-0.39, 0.29) is 11.4 Å². The topological polar surface area (TPSA) is 33.1 Å². The molecule has 5 heteroatoms. The van der Waals surface area contributed by atoms with E-state index in [4.69, 9.17) is 5.11 Å². The summed E-state index contributed by atoms with van der Waals surface area (Å²) in [5.41, 5.74) is -0.841. The fourth-order valence-corrected chi connectivity index (χ4v) is 1.06. The van der Waals surface area contributed by atoms with Crippen LogP contribution in [0.1, 0.15) is 23.4 Å². The zero-order valence-corrected chi connectivity index (χ0v) is 6.89. The number of aliphatic hydroxyl groups is 1. The maximum Gasteiger partial charge on any atom is 0.268 e. The molecule has 0 saturated carbocycles. The highest BCUT2D eigenvalue weighted by molar-refractivity contribution is 5.25. The smallest absolute Gasteiger partial charge is 0.268 e. The number of alkyl halides is 2. The summed E-state index contributed by atoms with van der Waals surface area (Å²) in [7, 11) is 0. The van der Waals surface area contributed by atoms with Gasteiger partial charge in [-0.1, -0.05) is 0 Å². The fourth-order valence-electron chi connectivity index (χ4n) is 1.06. The van der Waals surface area contributed by atoms with Gasteiger partial charge in [0.05, 0.1) is 17.9 Å². The van der Waals surface area contributed by atoms with Crippen molar-refractivity contribution in [1.82, 2.24) is 4.98 Å². The molecule has 0 aliphatic heterocycles. The van der Waals surface area contributed by atoms with E-state index in [0.29, 0.717) is 0 Å². The van der Waals surface area contributed by atoms with Crippen molar-refractivity contribution in [2.45, 2.75) is 20.0 Å².